The number of hydrogen-bond donors (Lipinski definition) is 0. The van der Waals surface area contributed by atoms with Gasteiger partial charge in [-0.2, -0.15) is 0 Å². The van der Waals surface area contributed by atoms with Crippen LogP contribution in [-0.4, -0.2) is 72.7 Å². The van der Waals surface area contributed by atoms with Gasteiger partial charge in [0.05, 0.1) is 19.1 Å². The van der Waals surface area contributed by atoms with E-state index < -0.39 is 17.6 Å². The van der Waals surface area contributed by atoms with Gasteiger partial charge in [0.25, 0.3) is 0 Å². The van der Waals surface area contributed by atoms with E-state index in [0.29, 0.717) is 6.61 Å². The molecule has 0 N–H and O–H groups in total. The highest BCUT2D eigenvalue weighted by Gasteiger charge is 2.57. The summed E-state index contributed by atoms with van der Waals surface area (Å²) in [6.07, 6.45) is -2.04. The molecule has 0 spiro atoms. The topological polar surface area (TPSA) is 55.4 Å². The third kappa shape index (κ3) is 4.67. The van der Waals surface area contributed by atoms with E-state index in [1.54, 1.807) is 35.5 Å². The molecule has 3 aromatic rings. The summed E-state index contributed by atoms with van der Waals surface area (Å²) in [7, 11) is 8.40. The van der Waals surface area contributed by atoms with Crippen molar-refractivity contribution in [1.29, 1.82) is 0 Å². The average Bonchev–Trinajstić information content (AvgIpc) is 2.94. The van der Waals surface area contributed by atoms with E-state index in [2.05, 4.69) is 60.7 Å². The second-order valence-corrected chi connectivity index (χ2v) is 8.92. The average molecular weight is 493 g/mol. The largest absolute Gasteiger partial charge is 0.497 e. The van der Waals surface area contributed by atoms with E-state index in [-0.39, 0.29) is 18.3 Å². The van der Waals surface area contributed by atoms with E-state index >= 15 is 0 Å². The van der Waals surface area contributed by atoms with Gasteiger partial charge in [-0.15, -0.1) is 0 Å². The molecule has 0 aromatic heterocycles. The van der Waals surface area contributed by atoms with Gasteiger partial charge in [-0.25, -0.2) is 0 Å². The molecular weight excluding hydrogens is 456 g/mol. The monoisotopic (exact) mass is 492 g/mol. The quantitative estimate of drug-likeness (QED) is 0.389. The zero-order chi connectivity index (χ0) is 25.5. The molecule has 1 aliphatic heterocycles. The number of ether oxygens (including phenoxy) is 6. The van der Waals surface area contributed by atoms with Crippen LogP contribution in [0.15, 0.2) is 84.9 Å². The summed E-state index contributed by atoms with van der Waals surface area (Å²) < 4.78 is 36.1. The maximum atomic E-state index is 6.97. The predicted molar refractivity (Wildman–Crippen MR) is 139 cm³/mol. The summed E-state index contributed by atoms with van der Waals surface area (Å²) in [4.78, 5) is 0. The molecule has 4 rings (SSSR count). The predicted octanol–water partition coefficient (Wildman–Crippen LogP) is 4.49. The molecule has 0 aliphatic carbocycles. The van der Waals surface area contributed by atoms with Gasteiger partial charge in [0.15, 0.2) is 0 Å². The second kappa shape index (κ2) is 12.0. The highest BCUT2D eigenvalue weighted by molar-refractivity contribution is 5.53. The minimum Gasteiger partial charge on any atom is -0.497 e. The highest BCUT2D eigenvalue weighted by atomic mass is 16.6. The SMILES string of the molecule is COC[C@H]1O[C@@H](C(c2ccccc2)(c2ccccc2)c2ccc(OC)cc2)[C@H](OC)[C@@H](OC)[C@H]1OC. The van der Waals surface area contributed by atoms with Crippen LogP contribution in [0.4, 0.5) is 0 Å². The Bertz CT molecular complexity index is 1020. The van der Waals surface area contributed by atoms with E-state index in [9.17, 15) is 0 Å². The normalized spacial score (nSPS) is 24.4. The van der Waals surface area contributed by atoms with Gasteiger partial charge in [-0.3, -0.25) is 0 Å². The third-order valence-corrected chi connectivity index (χ3v) is 7.21. The zero-order valence-electron chi connectivity index (χ0n) is 21.6. The summed E-state index contributed by atoms with van der Waals surface area (Å²) in [6.45, 7) is 0.355. The molecule has 6 nitrogen and oxygen atoms in total. The van der Waals surface area contributed by atoms with Crippen molar-refractivity contribution in [2.45, 2.75) is 35.9 Å². The fourth-order valence-electron chi connectivity index (χ4n) is 5.62. The molecule has 0 amide bonds. The lowest BCUT2D eigenvalue weighted by Gasteiger charge is -2.52. The van der Waals surface area contributed by atoms with E-state index in [4.69, 9.17) is 28.4 Å². The van der Waals surface area contributed by atoms with Crippen LogP contribution in [0.1, 0.15) is 16.7 Å². The maximum absolute atomic E-state index is 6.97. The molecular formula is C30H36O6. The van der Waals surface area contributed by atoms with Crippen LogP contribution in [0.2, 0.25) is 0 Å². The molecule has 0 unspecified atom stereocenters. The molecule has 1 saturated heterocycles. The van der Waals surface area contributed by atoms with Crippen molar-refractivity contribution in [2.24, 2.45) is 0 Å². The molecule has 1 aliphatic rings. The summed E-state index contributed by atoms with van der Waals surface area (Å²) in [5.41, 5.74) is 2.47. The van der Waals surface area contributed by atoms with Crippen molar-refractivity contribution in [3.8, 4) is 5.75 Å². The van der Waals surface area contributed by atoms with Gasteiger partial charge in [0, 0.05) is 28.4 Å². The van der Waals surface area contributed by atoms with Crippen LogP contribution in [0.25, 0.3) is 0 Å². The smallest absolute Gasteiger partial charge is 0.118 e. The van der Waals surface area contributed by atoms with Crippen LogP contribution >= 0.6 is 0 Å². The molecule has 0 radical (unpaired) electrons. The first kappa shape index (κ1) is 26.3. The minimum absolute atomic E-state index is 0.355. The first-order valence-corrected chi connectivity index (χ1v) is 12.1. The highest BCUT2D eigenvalue weighted by Crippen LogP contribution is 2.48. The van der Waals surface area contributed by atoms with Gasteiger partial charge in [0.1, 0.15) is 36.3 Å². The van der Waals surface area contributed by atoms with Crippen LogP contribution in [0.5, 0.6) is 5.75 Å². The first-order chi connectivity index (χ1) is 17.6. The van der Waals surface area contributed by atoms with Crippen LogP contribution in [0, 0.1) is 0 Å². The standard InChI is InChI=1S/C30H36O6/c1-31-20-25-26(33-3)27(34-4)28(35-5)29(36-25)30(21-12-8-6-9-13-21,22-14-10-7-11-15-22)23-16-18-24(32-2)19-17-23/h6-19,25-29H,20H2,1-5H3/t25-,26+,27+,28-,29-/m1/s1. The lowest BCUT2D eigenvalue weighted by molar-refractivity contribution is -0.258. The zero-order valence-corrected chi connectivity index (χ0v) is 21.6. The molecule has 1 heterocycles. The summed E-state index contributed by atoms with van der Waals surface area (Å²) in [6, 6.07) is 29.0. The lowest BCUT2D eigenvalue weighted by atomic mass is 9.63. The van der Waals surface area contributed by atoms with Gasteiger partial charge in [-0.1, -0.05) is 72.8 Å². The summed E-state index contributed by atoms with van der Waals surface area (Å²) in [5.74, 6) is 0.785. The minimum atomic E-state index is -0.739. The Morgan fingerprint density at radius 1 is 0.611 bits per heavy atom. The first-order valence-electron chi connectivity index (χ1n) is 12.1. The Balaban J connectivity index is 2.03. The Labute approximate surface area is 214 Å². The van der Waals surface area contributed by atoms with Gasteiger partial charge < -0.3 is 28.4 Å². The van der Waals surface area contributed by atoms with Crippen molar-refractivity contribution in [3.63, 3.8) is 0 Å². The number of methoxy groups -OCH3 is 5. The van der Waals surface area contributed by atoms with Gasteiger partial charge in [-0.05, 0) is 28.8 Å². The van der Waals surface area contributed by atoms with Crippen molar-refractivity contribution in [2.75, 3.05) is 42.2 Å². The van der Waals surface area contributed by atoms with Crippen LogP contribution < -0.4 is 4.74 Å². The van der Waals surface area contributed by atoms with Crippen LogP contribution in [0.3, 0.4) is 0 Å². The molecule has 0 saturated carbocycles. The van der Waals surface area contributed by atoms with Crippen molar-refractivity contribution < 1.29 is 28.4 Å². The Morgan fingerprint density at radius 3 is 1.56 bits per heavy atom. The molecule has 5 atom stereocenters. The Kier molecular flexibility index (Phi) is 8.77. The molecule has 1 fully saturated rings. The maximum Gasteiger partial charge on any atom is 0.118 e. The molecule has 192 valence electrons. The van der Waals surface area contributed by atoms with Crippen LogP contribution in [-0.2, 0) is 29.1 Å². The summed E-state index contributed by atoms with van der Waals surface area (Å²) >= 11 is 0. The molecule has 36 heavy (non-hydrogen) atoms. The fourth-order valence-corrected chi connectivity index (χ4v) is 5.62. The van der Waals surface area contributed by atoms with Crippen molar-refractivity contribution >= 4 is 0 Å². The number of benzene rings is 3. The molecule has 6 heteroatoms. The molecule has 0 bridgehead atoms. The van der Waals surface area contributed by atoms with E-state index in [1.165, 1.54) is 0 Å². The summed E-state index contributed by atoms with van der Waals surface area (Å²) in [5, 5.41) is 0. The number of rotatable bonds is 10. The number of hydrogen-bond acceptors (Lipinski definition) is 6. The van der Waals surface area contributed by atoms with Gasteiger partial charge in [0.2, 0.25) is 0 Å². The molecule has 3 aromatic carbocycles. The second-order valence-electron chi connectivity index (χ2n) is 8.92. The lowest BCUT2D eigenvalue weighted by Crippen LogP contribution is -2.66. The van der Waals surface area contributed by atoms with Crippen molar-refractivity contribution in [1.82, 2.24) is 0 Å². The Morgan fingerprint density at radius 2 is 1.11 bits per heavy atom. The van der Waals surface area contributed by atoms with E-state index in [1.807, 2.05) is 24.3 Å². The fraction of sp³-hybridized carbons (Fsp3) is 0.400. The van der Waals surface area contributed by atoms with Gasteiger partial charge >= 0.3 is 0 Å². The third-order valence-electron chi connectivity index (χ3n) is 7.21. The van der Waals surface area contributed by atoms with Crippen molar-refractivity contribution in [3.05, 3.63) is 102 Å². The van der Waals surface area contributed by atoms with E-state index in [0.717, 1.165) is 22.4 Å². The Hall–Kier alpha value is -2.74.